The Morgan fingerprint density at radius 1 is 1.48 bits per heavy atom. The summed E-state index contributed by atoms with van der Waals surface area (Å²) < 4.78 is 5.79. The maximum absolute atomic E-state index is 12.9. The monoisotopic (exact) mass is 316 g/mol. The van der Waals surface area contributed by atoms with Gasteiger partial charge in [-0.25, -0.2) is 9.97 Å². The molecule has 2 aromatic heterocycles. The van der Waals surface area contributed by atoms with E-state index < -0.39 is 0 Å². The van der Waals surface area contributed by atoms with E-state index in [0.29, 0.717) is 17.8 Å². The van der Waals surface area contributed by atoms with Crippen molar-refractivity contribution in [1.82, 2.24) is 19.9 Å². The number of hydrogen-bond donors (Lipinski definition) is 1. The topological polar surface area (TPSA) is 71.1 Å². The maximum atomic E-state index is 12.9. The number of aryl methyl sites for hydroxylation is 1. The number of carbonyl (C=O) groups excluding carboxylic acids is 1. The van der Waals surface area contributed by atoms with Crippen LogP contribution in [-0.2, 0) is 4.74 Å². The molecule has 1 N–H and O–H groups in total. The van der Waals surface area contributed by atoms with Crippen LogP contribution in [0.1, 0.15) is 49.3 Å². The third-order valence-electron chi connectivity index (χ3n) is 4.26. The van der Waals surface area contributed by atoms with Crippen molar-refractivity contribution in [3.05, 3.63) is 23.7 Å². The molecule has 3 rings (SSSR count). The molecule has 1 unspecified atom stereocenters. The lowest BCUT2D eigenvalue weighted by molar-refractivity contribution is -0.00830. The van der Waals surface area contributed by atoms with Crippen LogP contribution in [-0.4, -0.2) is 51.1 Å². The molecular weight excluding hydrogens is 292 g/mol. The number of nitrogens with zero attached hydrogens (tertiary/aromatic N) is 3. The summed E-state index contributed by atoms with van der Waals surface area (Å²) in [7, 11) is 0. The Kier molecular flexibility index (Phi) is 4.61. The summed E-state index contributed by atoms with van der Waals surface area (Å²) in [6.07, 6.45) is 5.06. The summed E-state index contributed by atoms with van der Waals surface area (Å²) in [5, 5.41) is 0. The van der Waals surface area contributed by atoms with Gasteiger partial charge in [-0.15, -0.1) is 0 Å². The average Bonchev–Trinajstić information content (AvgIpc) is 2.91. The molecule has 1 amide bonds. The number of pyridine rings is 1. The zero-order valence-corrected chi connectivity index (χ0v) is 14.0. The molecule has 0 saturated carbocycles. The molecule has 6 nitrogen and oxygen atoms in total. The summed E-state index contributed by atoms with van der Waals surface area (Å²) in [5.41, 5.74) is 2.03. The second kappa shape index (κ2) is 6.66. The fourth-order valence-electron chi connectivity index (χ4n) is 3.00. The number of aromatic nitrogens is 3. The first-order valence-electron chi connectivity index (χ1n) is 8.29. The first-order valence-corrected chi connectivity index (χ1v) is 8.29. The predicted molar refractivity (Wildman–Crippen MR) is 88.4 cm³/mol. The van der Waals surface area contributed by atoms with E-state index in [1.54, 1.807) is 6.20 Å². The van der Waals surface area contributed by atoms with Gasteiger partial charge in [-0.3, -0.25) is 4.79 Å². The molecule has 124 valence electrons. The van der Waals surface area contributed by atoms with Gasteiger partial charge in [0.2, 0.25) is 0 Å². The van der Waals surface area contributed by atoms with Crippen LogP contribution in [0.5, 0.6) is 0 Å². The van der Waals surface area contributed by atoms with Crippen LogP contribution in [0, 0.1) is 6.92 Å². The number of rotatable bonds is 4. The Morgan fingerprint density at radius 2 is 2.30 bits per heavy atom. The van der Waals surface area contributed by atoms with Crippen LogP contribution in [0.25, 0.3) is 11.2 Å². The van der Waals surface area contributed by atoms with Crippen LogP contribution in [0.4, 0.5) is 0 Å². The molecule has 0 spiro atoms. The van der Waals surface area contributed by atoms with Crippen LogP contribution in [0.2, 0.25) is 0 Å². The van der Waals surface area contributed by atoms with Crippen molar-refractivity contribution in [2.24, 2.45) is 0 Å². The quantitative estimate of drug-likeness (QED) is 0.941. The van der Waals surface area contributed by atoms with Gasteiger partial charge in [-0.05, 0) is 46.1 Å². The van der Waals surface area contributed by atoms with Gasteiger partial charge in [0, 0.05) is 25.4 Å². The van der Waals surface area contributed by atoms with E-state index in [2.05, 4.69) is 15.0 Å². The van der Waals surface area contributed by atoms with Crippen molar-refractivity contribution >= 4 is 17.1 Å². The smallest absolute Gasteiger partial charge is 0.255 e. The summed E-state index contributed by atoms with van der Waals surface area (Å²) in [4.78, 5) is 26.5. The van der Waals surface area contributed by atoms with Crippen molar-refractivity contribution in [2.75, 3.05) is 13.2 Å². The lowest BCUT2D eigenvalue weighted by atomic mass is 10.1. The number of ether oxygens (including phenoxy) is 1. The predicted octanol–water partition coefficient (Wildman–Crippen LogP) is 2.69. The molecule has 2 aromatic rings. The zero-order chi connectivity index (χ0) is 16.4. The standard InChI is InChI=1S/C17H24N4O2/c1-11(2)21(10-14-6-4-5-7-23-14)17(22)13-8-15-16(18-9-13)20-12(3)19-15/h8-9,11,14H,4-7,10H2,1-3H3,(H,18,19,20). The van der Waals surface area contributed by atoms with Crippen molar-refractivity contribution in [2.45, 2.75) is 52.2 Å². The number of fused-ring (bicyclic) bond motifs is 1. The molecule has 0 radical (unpaired) electrons. The third kappa shape index (κ3) is 3.52. The van der Waals surface area contributed by atoms with Crippen LogP contribution >= 0.6 is 0 Å². The van der Waals surface area contributed by atoms with E-state index >= 15 is 0 Å². The molecule has 1 fully saturated rings. The van der Waals surface area contributed by atoms with E-state index in [1.807, 2.05) is 31.7 Å². The number of hydrogen-bond acceptors (Lipinski definition) is 4. The minimum Gasteiger partial charge on any atom is -0.376 e. The highest BCUT2D eigenvalue weighted by Gasteiger charge is 2.25. The molecule has 0 bridgehead atoms. The van der Waals surface area contributed by atoms with E-state index in [9.17, 15) is 4.79 Å². The Balaban J connectivity index is 1.80. The van der Waals surface area contributed by atoms with Crippen molar-refractivity contribution in [3.8, 4) is 0 Å². The SMILES string of the molecule is Cc1nc2ncc(C(=O)N(CC3CCCCO3)C(C)C)cc2[nH]1. The van der Waals surface area contributed by atoms with Gasteiger partial charge in [0.25, 0.3) is 5.91 Å². The minimum absolute atomic E-state index is 0.00386. The maximum Gasteiger partial charge on any atom is 0.255 e. The summed E-state index contributed by atoms with van der Waals surface area (Å²) >= 11 is 0. The molecule has 1 atom stereocenters. The Bertz CT molecular complexity index is 689. The number of carbonyl (C=O) groups is 1. The normalized spacial score (nSPS) is 18.5. The molecular formula is C17H24N4O2. The van der Waals surface area contributed by atoms with Crippen molar-refractivity contribution < 1.29 is 9.53 Å². The van der Waals surface area contributed by atoms with E-state index in [1.165, 1.54) is 6.42 Å². The number of aromatic amines is 1. The molecule has 1 saturated heterocycles. The summed E-state index contributed by atoms with van der Waals surface area (Å²) in [6, 6.07) is 1.95. The number of nitrogens with one attached hydrogen (secondary N) is 1. The van der Waals surface area contributed by atoms with Gasteiger partial charge in [0.1, 0.15) is 5.82 Å². The number of imidazole rings is 1. The Morgan fingerprint density at radius 3 is 3.00 bits per heavy atom. The molecule has 1 aliphatic heterocycles. The lowest BCUT2D eigenvalue weighted by Crippen LogP contribution is -2.43. The second-order valence-corrected chi connectivity index (χ2v) is 6.46. The lowest BCUT2D eigenvalue weighted by Gasteiger charge is -2.32. The van der Waals surface area contributed by atoms with Gasteiger partial charge >= 0.3 is 0 Å². The first-order chi connectivity index (χ1) is 11.0. The first kappa shape index (κ1) is 15.9. The van der Waals surface area contributed by atoms with E-state index in [4.69, 9.17) is 4.74 Å². The van der Waals surface area contributed by atoms with Crippen molar-refractivity contribution in [3.63, 3.8) is 0 Å². The van der Waals surface area contributed by atoms with E-state index in [0.717, 1.165) is 30.8 Å². The van der Waals surface area contributed by atoms with Gasteiger partial charge in [-0.2, -0.15) is 0 Å². The molecule has 23 heavy (non-hydrogen) atoms. The van der Waals surface area contributed by atoms with Crippen molar-refractivity contribution in [1.29, 1.82) is 0 Å². The third-order valence-corrected chi connectivity index (χ3v) is 4.26. The average molecular weight is 316 g/mol. The number of amides is 1. The molecule has 1 aliphatic rings. The Hall–Kier alpha value is -1.95. The Labute approximate surface area is 136 Å². The van der Waals surface area contributed by atoms with Gasteiger partial charge in [0.15, 0.2) is 5.65 Å². The fraction of sp³-hybridized carbons (Fsp3) is 0.588. The van der Waals surface area contributed by atoms with Crippen LogP contribution < -0.4 is 0 Å². The molecule has 6 heteroatoms. The van der Waals surface area contributed by atoms with Gasteiger partial charge < -0.3 is 14.6 Å². The van der Waals surface area contributed by atoms with Crippen LogP contribution in [0.15, 0.2) is 12.3 Å². The molecule has 0 aromatic carbocycles. The van der Waals surface area contributed by atoms with Crippen LogP contribution in [0.3, 0.4) is 0 Å². The largest absolute Gasteiger partial charge is 0.376 e. The highest BCUT2D eigenvalue weighted by Crippen LogP contribution is 2.18. The number of H-pyrrole nitrogens is 1. The zero-order valence-electron chi connectivity index (χ0n) is 14.0. The van der Waals surface area contributed by atoms with Gasteiger partial charge in [-0.1, -0.05) is 0 Å². The van der Waals surface area contributed by atoms with E-state index in [-0.39, 0.29) is 18.1 Å². The minimum atomic E-state index is -0.00386. The van der Waals surface area contributed by atoms with Gasteiger partial charge in [0.05, 0.1) is 17.2 Å². The highest BCUT2D eigenvalue weighted by molar-refractivity contribution is 5.96. The summed E-state index contributed by atoms with van der Waals surface area (Å²) in [5.74, 6) is 0.796. The summed E-state index contributed by atoms with van der Waals surface area (Å²) in [6.45, 7) is 7.38. The highest BCUT2D eigenvalue weighted by atomic mass is 16.5. The molecule has 0 aliphatic carbocycles. The fourth-order valence-corrected chi connectivity index (χ4v) is 3.00. The molecule has 3 heterocycles. The second-order valence-electron chi connectivity index (χ2n) is 6.46.